The molecule has 0 spiro atoms. The number of hydrogen-bond donors (Lipinski definition) is 1. The van der Waals surface area contributed by atoms with Crippen LogP contribution in [0.15, 0.2) is 36.4 Å². The van der Waals surface area contributed by atoms with Crippen molar-refractivity contribution >= 4 is 11.5 Å². The number of rotatable bonds is 9. The maximum absolute atomic E-state index is 5.64. The third kappa shape index (κ3) is 4.14. The van der Waals surface area contributed by atoms with E-state index in [0.29, 0.717) is 13.2 Å². The zero-order valence-electron chi connectivity index (χ0n) is 15.7. The van der Waals surface area contributed by atoms with Gasteiger partial charge in [0, 0.05) is 19.2 Å². The minimum Gasteiger partial charge on any atom is -0.491 e. The van der Waals surface area contributed by atoms with Crippen LogP contribution in [0.1, 0.15) is 25.5 Å². The van der Waals surface area contributed by atoms with E-state index in [9.17, 15) is 0 Å². The van der Waals surface area contributed by atoms with Gasteiger partial charge in [-0.25, -0.2) is 4.98 Å². The largest absolute Gasteiger partial charge is 0.491 e. The predicted molar refractivity (Wildman–Crippen MR) is 104 cm³/mol. The molecule has 1 N–H and O–H groups in total. The van der Waals surface area contributed by atoms with Crippen LogP contribution in [0.2, 0.25) is 0 Å². The van der Waals surface area contributed by atoms with Crippen molar-refractivity contribution in [1.29, 1.82) is 0 Å². The summed E-state index contributed by atoms with van der Waals surface area (Å²) in [6, 6.07) is 12.0. The molecule has 6 nitrogen and oxygen atoms in total. The number of aromatic nitrogens is 3. The Labute approximate surface area is 154 Å². The van der Waals surface area contributed by atoms with E-state index in [1.807, 2.05) is 47.8 Å². The van der Waals surface area contributed by atoms with Gasteiger partial charge in [-0.1, -0.05) is 13.3 Å². The van der Waals surface area contributed by atoms with E-state index in [1.165, 1.54) is 0 Å². The van der Waals surface area contributed by atoms with Gasteiger partial charge in [0.25, 0.3) is 0 Å². The highest BCUT2D eigenvalue weighted by Crippen LogP contribution is 2.29. The van der Waals surface area contributed by atoms with E-state index in [4.69, 9.17) is 14.5 Å². The van der Waals surface area contributed by atoms with Crippen LogP contribution in [0.4, 0.5) is 5.82 Å². The molecule has 2 aromatic heterocycles. The second-order valence-corrected chi connectivity index (χ2v) is 6.20. The van der Waals surface area contributed by atoms with E-state index < -0.39 is 0 Å². The van der Waals surface area contributed by atoms with Crippen molar-refractivity contribution in [1.82, 2.24) is 14.6 Å². The Morgan fingerprint density at radius 1 is 1.08 bits per heavy atom. The quantitative estimate of drug-likeness (QED) is 0.590. The van der Waals surface area contributed by atoms with Gasteiger partial charge in [-0.05, 0) is 49.7 Å². The molecule has 0 saturated carbocycles. The molecule has 0 fully saturated rings. The third-order valence-electron chi connectivity index (χ3n) is 4.12. The van der Waals surface area contributed by atoms with Gasteiger partial charge in [-0.15, -0.1) is 0 Å². The number of fused-ring (bicyclic) bond motifs is 1. The number of ether oxygens (including phenoxy) is 2. The molecule has 0 bridgehead atoms. The number of imidazole rings is 1. The predicted octanol–water partition coefficient (Wildman–Crippen LogP) is 3.94. The molecule has 2 heterocycles. The van der Waals surface area contributed by atoms with Crippen LogP contribution in [0.25, 0.3) is 16.9 Å². The standard InChI is InChI=1S/C20H26N4O2/c1-4-5-12-21-20-19(22-18-11-6-15(2)23-24(18)20)16-7-9-17(10-8-16)26-14-13-25-3/h6-11,21H,4-5,12-14H2,1-3H3. The second-order valence-electron chi connectivity index (χ2n) is 6.20. The molecule has 6 heteroatoms. The van der Waals surface area contributed by atoms with Crippen molar-refractivity contribution in [2.45, 2.75) is 26.7 Å². The van der Waals surface area contributed by atoms with Crippen molar-refractivity contribution < 1.29 is 9.47 Å². The maximum Gasteiger partial charge on any atom is 0.156 e. The molecule has 0 atom stereocenters. The molecular formula is C20H26N4O2. The van der Waals surface area contributed by atoms with Crippen molar-refractivity contribution in [3.05, 3.63) is 42.1 Å². The summed E-state index contributed by atoms with van der Waals surface area (Å²) in [6.07, 6.45) is 2.24. The normalized spacial score (nSPS) is 11.0. The third-order valence-corrected chi connectivity index (χ3v) is 4.12. The molecule has 0 saturated heterocycles. The lowest BCUT2D eigenvalue weighted by Crippen LogP contribution is -2.07. The molecule has 0 aliphatic rings. The van der Waals surface area contributed by atoms with Gasteiger partial charge in [0.2, 0.25) is 0 Å². The van der Waals surface area contributed by atoms with E-state index in [-0.39, 0.29) is 0 Å². The summed E-state index contributed by atoms with van der Waals surface area (Å²) in [5.74, 6) is 1.76. The van der Waals surface area contributed by atoms with Crippen LogP contribution in [0.3, 0.4) is 0 Å². The second kappa shape index (κ2) is 8.67. The highest BCUT2D eigenvalue weighted by Gasteiger charge is 2.15. The van der Waals surface area contributed by atoms with Crippen molar-refractivity contribution in [2.24, 2.45) is 0 Å². The molecule has 0 aliphatic heterocycles. The lowest BCUT2D eigenvalue weighted by molar-refractivity contribution is 0.146. The average molecular weight is 354 g/mol. The first-order valence-electron chi connectivity index (χ1n) is 9.05. The first-order chi connectivity index (χ1) is 12.7. The topological polar surface area (TPSA) is 60.7 Å². The fourth-order valence-corrected chi connectivity index (χ4v) is 2.72. The molecule has 0 radical (unpaired) electrons. The fraction of sp³-hybridized carbons (Fsp3) is 0.400. The van der Waals surface area contributed by atoms with Crippen LogP contribution in [-0.4, -0.2) is 41.5 Å². The molecule has 138 valence electrons. The molecular weight excluding hydrogens is 328 g/mol. The highest BCUT2D eigenvalue weighted by molar-refractivity contribution is 5.76. The lowest BCUT2D eigenvalue weighted by atomic mass is 10.1. The number of nitrogens with one attached hydrogen (secondary N) is 1. The number of methoxy groups -OCH3 is 1. The van der Waals surface area contributed by atoms with Crippen LogP contribution in [0, 0.1) is 6.92 Å². The molecule has 3 rings (SSSR count). The number of nitrogens with zero attached hydrogens (tertiary/aromatic N) is 3. The Morgan fingerprint density at radius 3 is 2.62 bits per heavy atom. The maximum atomic E-state index is 5.64. The molecule has 0 aliphatic carbocycles. The van der Waals surface area contributed by atoms with Gasteiger partial charge < -0.3 is 14.8 Å². The van der Waals surface area contributed by atoms with E-state index in [0.717, 1.165) is 53.6 Å². The smallest absolute Gasteiger partial charge is 0.156 e. The summed E-state index contributed by atoms with van der Waals surface area (Å²) in [6.45, 7) is 6.18. The van der Waals surface area contributed by atoms with E-state index >= 15 is 0 Å². The summed E-state index contributed by atoms with van der Waals surface area (Å²) in [4.78, 5) is 4.79. The number of anilines is 1. The monoisotopic (exact) mass is 354 g/mol. The fourth-order valence-electron chi connectivity index (χ4n) is 2.72. The van der Waals surface area contributed by atoms with Crippen molar-refractivity contribution in [3.8, 4) is 17.0 Å². The number of benzene rings is 1. The number of aryl methyl sites for hydroxylation is 1. The van der Waals surface area contributed by atoms with E-state index in [1.54, 1.807) is 7.11 Å². The Hall–Kier alpha value is -2.60. The summed E-state index contributed by atoms with van der Waals surface area (Å²) >= 11 is 0. The van der Waals surface area contributed by atoms with Gasteiger partial charge in [-0.2, -0.15) is 9.61 Å². The van der Waals surface area contributed by atoms with Gasteiger partial charge >= 0.3 is 0 Å². The minimum absolute atomic E-state index is 0.539. The van der Waals surface area contributed by atoms with Crippen LogP contribution in [0.5, 0.6) is 5.75 Å². The molecule has 1 aromatic carbocycles. The molecule has 0 amide bonds. The lowest BCUT2D eigenvalue weighted by Gasteiger charge is -2.09. The molecule has 0 unspecified atom stereocenters. The van der Waals surface area contributed by atoms with Gasteiger partial charge in [0.05, 0.1) is 12.3 Å². The van der Waals surface area contributed by atoms with Crippen molar-refractivity contribution in [2.75, 3.05) is 32.2 Å². The zero-order chi connectivity index (χ0) is 18.4. The van der Waals surface area contributed by atoms with Crippen LogP contribution in [-0.2, 0) is 4.74 Å². The Morgan fingerprint density at radius 2 is 1.88 bits per heavy atom. The number of hydrogen-bond acceptors (Lipinski definition) is 5. The molecule has 26 heavy (non-hydrogen) atoms. The first kappa shape index (κ1) is 18.2. The van der Waals surface area contributed by atoms with Gasteiger partial charge in [0.15, 0.2) is 11.5 Å². The average Bonchev–Trinajstić information content (AvgIpc) is 3.01. The SMILES string of the molecule is CCCCNc1c(-c2ccc(OCCOC)cc2)nc2ccc(C)nn12. The Bertz CT molecular complexity index is 843. The summed E-state index contributed by atoms with van der Waals surface area (Å²) < 4.78 is 12.5. The molecule has 3 aromatic rings. The van der Waals surface area contributed by atoms with Crippen LogP contribution >= 0.6 is 0 Å². The van der Waals surface area contributed by atoms with Gasteiger partial charge in [0.1, 0.15) is 18.1 Å². The van der Waals surface area contributed by atoms with Gasteiger partial charge in [-0.3, -0.25) is 0 Å². The van der Waals surface area contributed by atoms with Crippen molar-refractivity contribution in [3.63, 3.8) is 0 Å². The van der Waals surface area contributed by atoms with E-state index in [2.05, 4.69) is 17.3 Å². The summed E-state index contributed by atoms with van der Waals surface area (Å²) in [5, 5.41) is 8.13. The first-order valence-corrected chi connectivity index (χ1v) is 9.05. The summed E-state index contributed by atoms with van der Waals surface area (Å²) in [7, 11) is 1.67. The highest BCUT2D eigenvalue weighted by atomic mass is 16.5. The van der Waals surface area contributed by atoms with Crippen LogP contribution < -0.4 is 10.1 Å². The Kier molecular flexibility index (Phi) is 6.07. The minimum atomic E-state index is 0.539. The zero-order valence-corrected chi connectivity index (χ0v) is 15.7. The Balaban J connectivity index is 1.91. The summed E-state index contributed by atoms with van der Waals surface area (Å²) in [5.41, 5.74) is 3.74. The number of unbranched alkanes of at least 4 members (excludes halogenated alkanes) is 1.